The molecule has 23 heteroatoms. The molecule has 7 aromatic carbocycles. The third kappa shape index (κ3) is 9.53. The molecule has 0 fully saturated rings. The van der Waals surface area contributed by atoms with E-state index in [1.54, 1.807) is 67.6 Å². The Labute approximate surface area is 369 Å². The van der Waals surface area contributed by atoms with Crippen LogP contribution in [0.4, 0.5) is 34.1 Å². The molecule has 0 amide bonds. The predicted molar refractivity (Wildman–Crippen MR) is 224 cm³/mol. The Balaban J connectivity index is 0.00000578. The van der Waals surface area contributed by atoms with E-state index in [-0.39, 0.29) is 49.7 Å². The maximum absolute atomic E-state index is 12.0. The van der Waals surface area contributed by atoms with Crippen LogP contribution >= 0.6 is 24.1 Å². The summed E-state index contributed by atoms with van der Waals surface area (Å²) in [6.45, 7) is 1.74. The molecule has 0 bridgehead atoms. The number of benzene rings is 7. The van der Waals surface area contributed by atoms with Gasteiger partial charge in [0.2, 0.25) is 0 Å². The number of aromatic nitrogens is 3. The van der Waals surface area contributed by atoms with Crippen LogP contribution in [0, 0.1) is 6.92 Å². The van der Waals surface area contributed by atoms with Crippen LogP contribution in [0.2, 0.25) is 0 Å². The molecule has 8 aromatic rings. The van der Waals surface area contributed by atoms with E-state index in [2.05, 4.69) is 54.7 Å². The van der Waals surface area contributed by atoms with Crippen LogP contribution in [0.3, 0.4) is 0 Å². The van der Waals surface area contributed by atoms with Crippen LogP contribution in [-0.2, 0) is 45.9 Å². The van der Waals surface area contributed by atoms with E-state index in [9.17, 15) is 23.2 Å². The first-order valence-electron chi connectivity index (χ1n) is 17.5. The zero-order valence-corrected chi connectivity index (χ0v) is 34.7. The van der Waals surface area contributed by atoms with Gasteiger partial charge in [0.15, 0.2) is 5.75 Å². The molecule has 0 saturated carbocycles. The number of phenolic OH excluding ortho intramolecular Hbond substituents is 2. The summed E-state index contributed by atoms with van der Waals surface area (Å²) >= 11 is 1.13. The van der Waals surface area contributed by atoms with Gasteiger partial charge in [-0.3, -0.25) is 4.55 Å². The van der Waals surface area contributed by atoms with E-state index in [1.165, 1.54) is 16.9 Å². The Morgan fingerprint density at radius 3 is 2.13 bits per heavy atom. The molecule has 6 N–H and O–H groups in total. The van der Waals surface area contributed by atoms with Crippen molar-refractivity contribution in [1.82, 2.24) is 15.0 Å². The number of phenols is 2. The van der Waals surface area contributed by atoms with Crippen molar-refractivity contribution >= 4 is 101 Å². The molecule has 0 aliphatic carbocycles. The number of hydrogen-bond acceptors (Lipinski definition) is 19. The molecular weight excluding hydrogens is 916 g/mol. The quantitative estimate of drug-likeness (QED) is 0.0148. The number of rotatable bonds is 14. The van der Waals surface area contributed by atoms with Gasteiger partial charge in [-0.2, -0.15) is 23.4 Å². The number of azo groups is 2. The van der Waals surface area contributed by atoms with E-state index < -0.39 is 15.0 Å². The van der Waals surface area contributed by atoms with Crippen molar-refractivity contribution in [2.45, 2.75) is 21.6 Å². The topological polar surface area (TPSA) is 264 Å². The van der Waals surface area contributed by atoms with E-state index in [1.807, 2.05) is 36.4 Å². The predicted octanol–water partition coefficient (Wildman–Crippen LogP) is 11.1. The minimum Gasteiger partial charge on any atom is -0.506 e. The normalized spacial score (nSPS) is 11.9. The summed E-state index contributed by atoms with van der Waals surface area (Å²) in [5.74, 6) is -0.495. The monoisotopic (exact) mass is 943 g/mol. The fraction of sp³-hybridized carbons (Fsp3) is 0.0256. The number of fused-ring (bicyclic) bond motifs is 4. The van der Waals surface area contributed by atoms with Gasteiger partial charge >= 0.3 is 0 Å². The van der Waals surface area contributed by atoms with E-state index in [4.69, 9.17) is 10.5 Å². The number of aryl methyl sites for hydroxylation is 1. The molecule has 1 radical (unpaired) electrons. The van der Waals surface area contributed by atoms with E-state index in [0.29, 0.717) is 79.3 Å². The zero-order chi connectivity index (χ0) is 42.7. The van der Waals surface area contributed by atoms with Crippen LogP contribution in [0.1, 0.15) is 5.56 Å². The van der Waals surface area contributed by atoms with Gasteiger partial charge in [-0.05, 0) is 103 Å². The fourth-order valence-electron chi connectivity index (χ4n) is 6.19. The molecule has 1 aromatic heterocycles. The molecule has 319 valence electrons. The van der Waals surface area contributed by atoms with E-state index >= 15 is 0 Å². The first kappa shape index (κ1) is 44.0. The number of nitrogens with zero attached hydrogens (tertiary/aromatic N) is 7. The second kappa shape index (κ2) is 18.9. The van der Waals surface area contributed by atoms with Crippen molar-refractivity contribution in [3.05, 3.63) is 121 Å². The van der Waals surface area contributed by atoms with Crippen molar-refractivity contribution in [1.29, 1.82) is 0 Å². The molecule has 1 heterocycles. The minimum atomic E-state index is -4.62. The second-order valence-corrected chi connectivity index (χ2v) is 15.8. The molecular formula is C39H28CuN8O11S3. The fourth-order valence-corrected chi connectivity index (χ4v) is 7.84. The summed E-state index contributed by atoms with van der Waals surface area (Å²) in [4.78, 5) is 1.39. The van der Waals surface area contributed by atoms with Gasteiger partial charge < -0.3 is 15.5 Å². The average Bonchev–Trinajstić information content (AvgIpc) is 3.70. The first-order chi connectivity index (χ1) is 29.5. The summed E-state index contributed by atoms with van der Waals surface area (Å²) in [6.07, 6.45) is 0. The van der Waals surface area contributed by atoms with E-state index in [0.717, 1.165) is 17.4 Å². The van der Waals surface area contributed by atoms with Gasteiger partial charge in [-0.1, -0.05) is 34.3 Å². The maximum atomic E-state index is 12.0. The molecule has 0 aliphatic rings. The van der Waals surface area contributed by atoms with Crippen molar-refractivity contribution in [2.75, 3.05) is 5.32 Å². The molecule has 8 rings (SSSR count). The van der Waals surface area contributed by atoms with Gasteiger partial charge in [-0.15, -0.1) is 29.1 Å². The molecule has 0 atom stereocenters. The van der Waals surface area contributed by atoms with Gasteiger partial charge in [0.05, 0.1) is 50.9 Å². The van der Waals surface area contributed by atoms with Crippen molar-refractivity contribution in [3.63, 3.8) is 0 Å². The summed E-state index contributed by atoms with van der Waals surface area (Å²) in [5.41, 5.74) is 4.35. The number of nitrogens with one attached hydrogen (secondary N) is 1. The van der Waals surface area contributed by atoms with Crippen LogP contribution in [-0.4, -0.2) is 48.7 Å². The zero-order valence-electron chi connectivity index (χ0n) is 31.3. The largest absolute Gasteiger partial charge is 0.506 e. The molecule has 0 unspecified atom stereocenters. The Hall–Kier alpha value is -6.05. The summed E-state index contributed by atoms with van der Waals surface area (Å²) < 4.78 is 43.0. The third-order valence-electron chi connectivity index (χ3n) is 9.04. The maximum Gasteiger partial charge on any atom is 0.294 e. The smallest absolute Gasteiger partial charge is 0.294 e. The van der Waals surface area contributed by atoms with Gasteiger partial charge in [0, 0.05) is 55.6 Å². The number of anilines is 2. The van der Waals surface area contributed by atoms with Gasteiger partial charge in [0.25, 0.3) is 10.1 Å². The van der Waals surface area contributed by atoms with Crippen LogP contribution in [0.15, 0.2) is 150 Å². The molecule has 19 nitrogen and oxygen atoms in total. The minimum absolute atomic E-state index is 0. The van der Waals surface area contributed by atoms with Gasteiger partial charge in [-0.25, -0.2) is 10.5 Å². The Morgan fingerprint density at radius 2 is 1.40 bits per heavy atom. The summed E-state index contributed by atoms with van der Waals surface area (Å²) in [6, 6.07) is 31.9. The SMILES string of the molecule is Cc1cc(N=Nc2c(SOOO)cc3cc(Nc4ccccc4)ccc3c2O)c(O)cc1N=Nc1ccc(-n2nc3ccc4c(SOOO)cc(S(=O)(=O)O)cc4c3n2)cc1.[Cu]. The second-order valence-electron chi connectivity index (χ2n) is 12.9. The van der Waals surface area contributed by atoms with Crippen molar-refractivity contribution < 1.29 is 69.5 Å². The molecule has 0 saturated heterocycles. The Bertz CT molecular complexity index is 3130. The number of para-hydroxylation sites is 1. The Morgan fingerprint density at radius 1 is 0.694 bits per heavy atom. The van der Waals surface area contributed by atoms with Crippen molar-refractivity contribution in [2.24, 2.45) is 20.5 Å². The third-order valence-corrected chi connectivity index (χ3v) is 11.1. The van der Waals surface area contributed by atoms with Crippen LogP contribution in [0.5, 0.6) is 11.5 Å². The molecule has 0 spiro atoms. The number of aromatic hydroxyl groups is 2. The standard InChI is InChI=1S/C39H28N8O11S3.Cu/c1-21-15-33(43-44-38-36(60-58-56-51)17-22-16-25(9-12-28(22)39(38)49)40-23-5-3-2-4-6-23)34(48)20-32(21)42-41-24-7-10-26(11-8-24)47-45-31-14-13-29-30(37(31)46-47)18-27(61(52,53)54)19-35(29)59-57-55-50;/h2-20,40,48-51H,1H3,(H,52,53,54);. The summed E-state index contributed by atoms with van der Waals surface area (Å²) in [5, 5.41) is 78.4. The van der Waals surface area contributed by atoms with Crippen LogP contribution < -0.4 is 5.32 Å². The summed E-state index contributed by atoms with van der Waals surface area (Å²) in [7, 11) is -4.62. The molecule has 62 heavy (non-hydrogen) atoms. The van der Waals surface area contributed by atoms with Crippen molar-refractivity contribution in [3.8, 4) is 17.2 Å². The van der Waals surface area contributed by atoms with Crippen LogP contribution in [0.25, 0.3) is 38.3 Å². The first-order valence-corrected chi connectivity index (χ1v) is 20.4. The average molecular weight is 944 g/mol. The number of hydrogen-bond donors (Lipinski definition) is 6. The molecule has 0 aliphatic heterocycles. The van der Waals surface area contributed by atoms with Gasteiger partial charge in [0.1, 0.15) is 28.2 Å². The Kier molecular flexibility index (Phi) is 13.4.